The Morgan fingerprint density at radius 1 is 1.48 bits per heavy atom. The third-order valence-corrected chi connectivity index (χ3v) is 6.09. The first-order valence-electron chi connectivity index (χ1n) is 7.53. The summed E-state index contributed by atoms with van der Waals surface area (Å²) in [6, 6.07) is -0.150. The van der Waals surface area contributed by atoms with Crippen molar-refractivity contribution in [3.8, 4) is 0 Å². The molecule has 0 bridgehead atoms. The molecule has 0 saturated carbocycles. The van der Waals surface area contributed by atoms with E-state index in [9.17, 15) is 8.42 Å². The fraction of sp³-hybridized carbons (Fsp3) is 0.786. The lowest BCUT2D eigenvalue weighted by molar-refractivity contribution is 0.133. The molecule has 1 fully saturated rings. The topological polar surface area (TPSA) is 64.4 Å². The highest BCUT2D eigenvalue weighted by Crippen LogP contribution is 2.32. The highest BCUT2D eigenvalue weighted by molar-refractivity contribution is 7.89. The number of sulfonamides is 1. The van der Waals surface area contributed by atoms with Crippen molar-refractivity contribution in [3.05, 3.63) is 18.2 Å². The van der Waals surface area contributed by atoms with Gasteiger partial charge in [0.15, 0.2) is 0 Å². The van der Waals surface area contributed by atoms with Crippen LogP contribution in [0.25, 0.3) is 0 Å². The molecule has 0 amide bonds. The number of hydrogen-bond acceptors (Lipinski definition) is 4. The number of nitrogens with zero attached hydrogens (tertiary/aromatic N) is 3. The van der Waals surface area contributed by atoms with Crippen LogP contribution in [0, 0.1) is 0 Å². The van der Waals surface area contributed by atoms with Gasteiger partial charge in [-0.05, 0) is 26.7 Å². The number of aryl methyl sites for hydroxylation is 1. The summed E-state index contributed by atoms with van der Waals surface area (Å²) in [5, 5.41) is 0. The molecule has 2 rings (SSSR count). The van der Waals surface area contributed by atoms with Gasteiger partial charge in [-0.25, -0.2) is 13.4 Å². The van der Waals surface area contributed by atoms with Gasteiger partial charge in [0.2, 0.25) is 10.0 Å². The Bertz CT molecular complexity index is 556. The fourth-order valence-electron chi connectivity index (χ4n) is 2.84. The molecular formula is C14H25N3O3S. The standard InChI is InChI=1S/C14H25N3O3S/c1-4-16-10-8-15-14(16)13-7-5-6-9-17(13)21(18,19)11-12(2)20-3/h8,10,12-13H,4-7,9,11H2,1-3H3/t12-,13-/m1/s1. The van der Waals surface area contributed by atoms with E-state index >= 15 is 0 Å². The van der Waals surface area contributed by atoms with Crippen molar-refractivity contribution in [2.45, 2.75) is 51.8 Å². The van der Waals surface area contributed by atoms with E-state index in [1.165, 1.54) is 7.11 Å². The maximum absolute atomic E-state index is 12.7. The average Bonchev–Trinajstić information content (AvgIpc) is 2.95. The molecule has 0 spiro atoms. The number of ether oxygens (including phenoxy) is 1. The number of methoxy groups -OCH3 is 1. The monoisotopic (exact) mass is 315 g/mol. The van der Waals surface area contributed by atoms with E-state index < -0.39 is 10.0 Å². The normalized spacial score (nSPS) is 22.3. The lowest BCUT2D eigenvalue weighted by atomic mass is 10.0. The molecule has 0 N–H and O–H groups in total. The summed E-state index contributed by atoms with van der Waals surface area (Å²) in [4.78, 5) is 4.40. The maximum Gasteiger partial charge on any atom is 0.217 e. The van der Waals surface area contributed by atoms with Crippen molar-refractivity contribution in [1.29, 1.82) is 0 Å². The third-order valence-electron chi connectivity index (χ3n) is 4.05. The first kappa shape index (κ1) is 16.5. The summed E-state index contributed by atoms with van der Waals surface area (Å²) < 4.78 is 34.1. The Balaban J connectivity index is 2.27. The van der Waals surface area contributed by atoms with Crippen LogP contribution in [0.3, 0.4) is 0 Å². The number of imidazole rings is 1. The maximum atomic E-state index is 12.7. The Morgan fingerprint density at radius 2 is 2.24 bits per heavy atom. The van der Waals surface area contributed by atoms with E-state index in [1.807, 2.05) is 17.7 Å². The largest absolute Gasteiger partial charge is 0.381 e. The van der Waals surface area contributed by atoms with Gasteiger partial charge in [-0.2, -0.15) is 4.31 Å². The minimum absolute atomic E-state index is 0.0207. The van der Waals surface area contributed by atoms with Gasteiger partial charge in [0.05, 0.1) is 17.9 Å². The Labute approximate surface area is 127 Å². The van der Waals surface area contributed by atoms with Crippen molar-refractivity contribution in [2.24, 2.45) is 0 Å². The van der Waals surface area contributed by atoms with Gasteiger partial charge in [-0.1, -0.05) is 6.42 Å². The molecule has 0 aromatic carbocycles. The quantitative estimate of drug-likeness (QED) is 0.803. The summed E-state index contributed by atoms with van der Waals surface area (Å²) in [5.74, 6) is 0.873. The molecule has 2 heterocycles. The molecule has 7 heteroatoms. The van der Waals surface area contributed by atoms with Crippen LogP contribution in [-0.4, -0.2) is 47.8 Å². The number of piperidine rings is 1. The van der Waals surface area contributed by atoms with E-state index in [2.05, 4.69) is 4.98 Å². The van der Waals surface area contributed by atoms with Crippen molar-refractivity contribution in [1.82, 2.24) is 13.9 Å². The SMILES string of the molecule is CCn1ccnc1[C@H]1CCCCN1S(=O)(=O)C[C@@H](C)OC. The second-order valence-electron chi connectivity index (χ2n) is 5.52. The lowest BCUT2D eigenvalue weighted by Gasteiger charge is -2.35. The number of aromatic nitrogens is 2. The minimum Gasteiger partial charge on any atom is -0.381 e. The van der Waals surface area contributed by atoms with E-state index in [1.54, 1.807) is 17.4 Å². The summed E-state index contributed by atoms with van der Waals surface area (Å²) in [7, 11) is -1.80. The van der Waals surface area contributed by atoms with Gasteiger partial charge in [0.1, 0.15) is 5.82 Å². The van der Waals surface area contributed by atoms with Crippen LogP contribution in [0.5, 0.6) is 0 Å². The average molecular weight is 315 g/mol. The molecule has 0 unspecified atom stereocenters. The van der Waals surface area contributed by atoms with Gasteiger partial charge in [-0.15, -0.1) is 0 Å². The van der Waals surface area contributed by atoms with Crippen LogP contribution in [0.2, 0.25) is 0 Å². The first-order valence-corrected chi connectivity index (χ1v) is 9.13. The Morgan fingerprint density at radius 3 is 2.90 bits per heavy atom. The number of rotatable bonds is 6. The van der Waals surface area contributed by atoms with Gasteiger partial charge >= 0.3 is 0 Å². The van der Waals surface area contributed by atoms with Crippen LogP contribution >= 0.6 is 0 Å². The Hall–Kier alpha value is -0.920. The van der Waals surface area contributed by atoms with Crippen LogP contribution < -0.4 is 0 Å². The van der Waals surface area contributed by atoms with Crippen molar-refractivity contribution in [3.63, 3.8) is 0 Å². The van der Waals surface area contributed by atoms with Crippen LogP contribution in [0.4, 0.5) is 0 Å². The summed E-state index contributed by atoms with van der Waals surface area (Å²) in [6.45, 7) is 5.19. The molecule has 2 atom stereocenters. The van der Waals surface area contributed by atoms with Gasteiger partial charge < -0.3 is 9.30 Å². The fourth-order valence-corrected chi connectivity index (χ4v) is 4.76. The van der Waals surface area contributed by atoms with E-state index in [0.29, 0.717) is 6.54 Å². The molecule has 0 aliphatic carbocycles. The molecule has 6 nitrogen and oxygen atoms in total. The zero-order chi connectivity index (χ0) is 15.5. The van der Waals surface area contributed by atoms with Crippen LogP contribution in [-0.2, 0) is 21.3 Å². The molecule has 1 aromatic heterocycles. The minimum atomic E-state index is -3.34. The van der Waals surface area contributed by atoms with Crippen LogP contribution in [0.1, 0.15) is 45.0 Å². The molecule has 120 valence electrons. The summed E-state index contributed by atoms with van der Waals surface area (Å²) in [5.41, 5.74) is 0. The highest BCUT2D eigenvalue weighted by atomic mass is 32.2. The molecule has 1 aromatic rings. The molecule has 0 radical (unpaired) electrons. The molecule has 1 aliphatic rings. The smallest absolute Gasteiger partial charge is 0.217 e. The van der Waals surface area contributed by atoms with Crippen molar-refractivity contribution < 1.29 is 13.2 Å². The first-order chi connectivity index (χ1) is 9.99. The summed E-state index contributed by atoms with van der Waals surface area (Å²) >= 11 is 0. The molecular weight excluding hydrogens is 290 g/mol. The van der Waals surface area contributed by atoms with Crippen molar-refractivity contribution >= 4 is 10.0 Å². The van der Waals surface area contributed by atoms with E-state index in [0.717, 1.165) is 31.6 Å². The van der Waals surface area contributed by atoms with Crippen LogP contribution in [0.15, 0.2) is 12.4 Å². The van der Waals surface area contributed by atoms with E-state index in [4.69, 9.17) is 4.74 Å². The van der Waals surface area contributed by atoms with Gasteiger partial charge in [0, 0.05) is 32.6 Å². The predicted octanol–water partition coefficient (Wildman–Crippen LogP) is 1.79. The Kier molecular flexibility index (Phi) is 5.40. The molecule has 1 aliphatic heterocycles. The van der Waals surface area contributed by atoms with Gasteiger partial charge in [-0.3, -0.25) is 0 Å². The lowest BCUT2D eigenvalue weighted by Crippen LogP contribution is -2.42. The van der Waals surface area contributed by atoms with E-state index in [-0.39, 0.29) is 17.9 Å². The predicted molar refractivity (Wildman–Crippen MR) is 81.5 cm³/mol. The van der Waals surface area contributed by atoms with Gasteiger partial charge in [0.25, 0.3) is 0 Å². The zero-order valence-corrected chi connectivity index (χ0v) is 13.8. The summed E-state index contributed by atoms with van der Waals surface area (Å²) in [6.07, 6.45) is 6.13. The number of hydrogen-bond donors (Lipinski definition) is 0. The second-order valence-corrected chi connectivity index (χ2v) is 7.48. The zero-order valence-electron chi connectivity index (χ0n) is 13.0. The second kappa shape index (κ2) is 6.89. The highest BCUT2D eigenvalue weighted by Gasteiger charge is 2.36. The third kappa shape index (κ3) is 3.64. The molecule has 1 saturated heterocycles. The molecule has 21 heavy (non-hydrogen) atoms. The van der Waals surface area contributed by atoms with Crippen molar-refractivity contribution in [2.75, 3.05) is 19.4 Å².